The van der Waals surface area contributed by atoms with Crippen LogP contribution in [0.1, 0.15) is 29.3 Å². The molecule has 2 aromatic carbocycles. The van der Waals surface area contributed by atoms with E-state index in [1.165, 1.54) is 24.4 Å². The number of carbonyl (C=O) groups is 2. The third-order valence-corrected chi connectivity index (χ3v) is 5.70. The van der Waals surface area contributed by atoms with E-state index in [0.29, 0.717) is 12.1 Å². The summed E-state index contributed by atoms with van der Waals surface area (Å²) in [5.74, 6) is 0.236. The van der Waals surface area contributed by atoms with Crippen LogP contribution in [0.5, 0.6) is 0 Å². The quantitative estimate of drug-likeness (QED) is 0.748. The van der Waals surface area contributed by atoms with Crippen LogP contribution < -0.4 is 0 Å². The average Bonchev–Trinajstić information content (AvgIpc) is 3.17. The molecule has 1 fully saturated rings. The van der Waals surface area contributed by atoms with Gasteiger partial charge in [0.2, 0.25) is 0 Å². The molecule has 136 valence electrons. The van der Waals surface area contributed by atoms with Crippen LogP contribution in [-0.2, 0) is 16.0 Å². The van der Waals surface area contributed by atoms with Crippen LogP contribution in [0.25, 0.3) is 11.1 Å². The highest BCUT2D eigenvalue weighted by Gasteiger charge is 2.36. The smallest absolute Gasteiger partial charge is 0.339 e. The maximum absolute atomic E-state index is 13.1. The Labute approximate surface area is 158 Å². The van der Waals surface area contributed by atoms with E-state index in [1.807, 2.05) is 24.3 Å². The summed E-state index contributed by atoms with van der Waals surface area (Å²) < 4.78 is 4.85. The summed E-state index contributed by atoms with van der Waals surface area (Å²) in [7, 11) is 1.36. The predicted octanol–water partition coefficient (Wildman–Crippen LogP) is 3.99. The summed E-state index contributed by atoms with van der Waals surface area (Å²) in [6, 6.07) is 15.9. The van der Waals surface area contributed by atoms with Crippen molar-refractivity contribution in [3.63, 3.8) is 0 Å². The number of methoxy groups -OCH3 is 1. The number of thioether (sulfide) groups is 1. The normalized spacial score (nSPS) is 16.5. The number of esters is 1. The summed E-state index contributed by atoms with van der Waals surface area (Å²) in [6.45, 7) is 2.71. The zero-order valence-electron chi connectivity index (χ0n) is 15.1. The Bertz CT molecular complexity index is 788. The van der Waals surface area contributed by atoms with Gasteiger partial charge in [-0.05, 0) is 29.2 Å². The Morgan fingerprint density at radius 2 is 1.88 bits per heavy atom. The second kappa shape index (κ2) is 8.41. The third-order valence-electron chi connectivity index (χ3n) is 4.52. The van der Waals surface area contributed by atoms with Gasteiger partial charge in [0.15, 0.2) is 5.37 Å². The second-order valence-electron chi connectivity index (χ2n) is 6.24. The monoisotopic (exact) mass is 369 g/mol. The van der Waals surface area contributed by atoms with Gasteiger partial charge >= 0.3 is 5.97 Å². The minimum Gasteiger partial charge on any atom is -0.467 e. The molecule has 3 rings (SSSR count). The van der Waals surface area contributed by atoms with Crippen molar-refractivity contribution < 1.29 is 14.3 Å². The van der Waals surface area contributed by atoms with E-state index in [1.54, 1.807) is 4.90 Å². The molecule has 0 aliphatic carbocycles. The standard InChI is InChI=1S/C21H23NO3S/c1-3-6-15-9-11-16(12-10-15)17-7-4-5-8-18(17)19(23)22-13-14-26-20(22)21(24)25-2/h4-5,7-12,20H,3,6,13-14H2,1-2H3/t20-/m0/s1. The van der Waals surface area contributed by atoms with Gasteiger partial charge in [0.05, 0.1) is 7.11 Å². The number of nitrogens with zero attached hydrogens (tertiary/aromatic N) is 1. The number of hydrogen-bond acceptors (Lipinski definition) is 4. The molecule has 5 heteroatoms. The lowest BCUT2D eigenvalue weighted by Crippen LogP contribution is -2.40. The van der Waals surface area contributed by atoms with Gasteiger partial charge in [-0.25, -0.2) is 4.79 Å². The maximum atomic E-state index is 13.1. The Hall–Kier alpha value is -2.27. The van der Waals surface area contributed by atoms with E-state index in [-0.39, 0.29) is 11.9 Å². The first kappa shape index (κ1) is 18.5. The van der Waals surface area contributed by atoms with Crippen molar-refractivity contribution in [1.29, 1.82) is 0 Å². The van der Waals surface area contributed by atoms with Crippen LogP contribution in [-0.4, -0.2) is 41.6 Å². The number of rotatable bonds is 5. The summed E-state index contributed by atoms with van der Waals surface area (Å²) in [4.78, 5) is 26.7. The molecule has 4 nitrogen and oxygen atoms in total. The van der Waals surface area contributed by atoms with Crippen molar-refractivity contribution in [1.82, 2.24) is 4.90 Å². The highest BCUT2D eigenvalue weighted by Crippen LogP contribution is 2.30. The molecule has 0 unspecified atom stereocenters. The lowest BCUT2D eigenvalue weighted by Gasteiger charge is -2.23. The molecule has 26 heavy (non-hydrogen) atoms. The van der Waals surface area contributed by atoms with E-state index < -0.39 is 5.37 Å². The van der Waals surface area contributed by atoms with Gasteiger partial charge in [-0.2, -0.15) is 0 Å². The van der Waals surface area contributed by atoms with Gasteiger partial charge in [0, 0.05) is 17.9 Å². The summed E-state index contributed by atoms with van der Waals surface area (Å²) >= 11 is 1.45. The van der Waals surface area contributed by atoms with E-state index in [0.717, 1.165) is 29.7 Å². The first-order chi connectivity index (χ1) is 12.7. The first-order valence-electron chi connectivity index (χ1n) is 8.84. The van der Waals surface area contributed by atoms with Crippen molar-refractivity contribution in [2.45, 2.75) is 25.1 Å². The van der Waals surface area contributed by atoms with Gasteiger partial charge in [0.25, 0.3) is 5.91 Å². The zero-order valence-corrected chi connectivity index (χ0v) is 15.9. The lowest BCUT2D eigenvalue weighted by atomic mass is 9.97. The van der Waals surface area contributed by atoms with Gasteiger partial charge < -0.3 is 9.64 Å². The molecule has 0 saturated carbocycles. The van der Waals surface area contributed by atoms with Gasteiger partial charge in [-0.15, -0.1) is 11.8 Å². The van der Waals surface area contributed by atoms with Crippen molar-refractivity contribution in [3.05, 3.63) is 59.7 Å². The highest BCUT2D eigenvalue weighted by molar-refractivity contribution is 8.00. The Morgan fingerprint density at radius 1 is 1.15 bits per heavy atom. The number of carbonyl (C=O) groups excluding carboxylic acids is 2. The van der Waals surface area contributed by atoms with Gasteiger partial charge in [-0.3, -0.25) is 4.79 Å². The number of hydrogen-bond donors (Lipinski definition) is 0. The summed E-state index contributed by atoms with van der Waals surface area (Å²) in [5.41, 5.74) is 3.81. The molecule has 1 saturated heterocycles. The summed E-state index contributed by atoms with van der Waals surface area (Å²) in [5, 5.41) is -0.563. The summed E-state index contributed by atoms with van der Waals surface area (Å²) in [6.07, 6.45) is 2.16. The molecular weight excluding hydrogens is 346 g/mol. The Morgan fingerprint density at radius 3 is 2.58 bits per heavy atom. The van der Waals surface area contributed by atoms with Crippen LogP contribution >= 0.6 is 11.8 Å². The SMILES string of the molecule is CCCc1ccc(-c2ccccc2C(=O)N2CCS[C@H]2C(=O)OC)cc1. The number of ether oxygens (including phenoxy) is 1. The average molecular weight is 369 g/mol. The second-order valence-corrected chi connectivity index (χ2v) is 7.43. The molecule has 2 aromatic rings. The maximum Gasteiger partial charge on any atom is 0.339 e. The van der Waals surface area contributed by atoms with Crippen molar-refractivity contribution in [3.8, 4) is 11.1 Å². The third kappa shape index (κ3) is 3.78. The van der Waals surface area contributed by atoms with E-state index >= 15 is 0 Å². The Balaban J connectivity index is 1.91. The highest BCUT2D eigenvalue weighted by atomic mass is 32.2. The van der Waals surface area contributed by atoms with Gasteiger partial charge in [0.1, 0.15) is 0 Å². The van der Waals surface area contributed by atoms with Crippen molar-refractivity contribution >= 4 is 23.6 Å². The fourth-order valence-corrected chi connectivity index (χ4v) is 4.33. The van der Waals surface area contributed by atoms with Crippen molar-refractivity contribution in [2.24, 2.45) is 0 Å². The fourth-order valence-electron chi connectivity index (χ4n) is 3.19. The molecular formula is C21H23NO3S. The number of amides is 1. The van der Waals surface area contributed by atoms with Crippen LogP contribution in [0.15, 0.2) is 48.5 Å². The number of benzene rings is 2. The predicted molar refractivity (Wildman–Crippen MR) is 105 cm³/mol. The molecule has 0 aromatic heterocycles. The molecule has 0 N–H and O–H groups in total. The molecule has 0 spiro atoms. The molecule has 0 radical (unpaired) electrons. The van der Waals surface area contributed by atoms with Crippen molar-refractivity contribution in [2.75, 3.05) is 19.4 Å². The minimum atomic E-state index is -0.563. The topological polar surface area (TPSA) is 46.6 Å². The lowest BCUT2D eigenvalue weighted by molar-refractivity contribution is -0.142. The van der Waals surface area contributed by atoms with Gasteiger partial charge in [-0.1, -0.05) is 55.8 Å². The molecule has 1 heterocycles. The Kier molecular flexibility index (Phi) is 5.99. The van der Waals surface area contributed by atoms with E-state index in [4.69, 9.17) is 4.74 Å². The number of aryl methyl sites for hydroxylation is 1. The zero-order chi connectivity index (χ0) is 18.5. The van der Waals surface area contributed by atoms with Crippen LogP contribution in [0.4, 0.5) is 0 Å². The van der Waals surface area contributed by atoms with E-state index in [2.05, 4.69) is 31.2 Å². The first-order valence-corrected chi connectivity index (χ1v) is 9.89. The van der Waals surface area contributed by atoms with E-state index in [9.17, 15) is 9.59 Å². The molecule has 1 atom stereocenters. The molecule has 1 aliphatic rings. The molecule has 1 aliphatic heterocycles. The van der Waals surface area contributed by atoms with Crippen LogP contribution in [0.2, 0.25) is 0 Å². The molecule has 1 amide bonds. The molecule has 0 bridgehead atoms. The van der Waals surface area contributed by atoms with Crippen LogP contribution in [0.3, 0.4) is 0 Å². The minimum absolute atomic E-state index is 0.126. The fraction of sp³-hybridized carbons (Fsp3) is 0.333. The van der Waals surface area contributed by atoms with Crippen LogP contribution in [0, 0.1) is 0 Å². The largest absolute Gasteiger partial charge is 0.467 e.